The number of halogens is 2. The number of nitrogens with zero attached hydrogens (tertiary/aromatic N) is 2. The zero-order valence-electron chi connectivity index (χ0n) is 11.6. The molecule has 0 fully saturated rings. The second-order valence-corrected chi connectivity index (χ2v) is 5.57. The molecule has 1 aromatic heterocycles. The average molecular weight is 334 g/mol. The van der Waals surface area contributed by atoms with Crippen LogP contribution in [-0.4, -0.2) is 15.2 Å². The van der Waals surface area contributed by atoms with Gasteiger partial charge in [0.15, 0.2) is 11.6 Å². The van der Waals surface area contributed by atoms with Crippen LogP contribution >= 0.6 is 23.2 Å². The largest absolute Gasteiger partial charge is 0.484 e. The average Bonchev–Trinajstić information content (AvgIpc) is 2.95. The molecule has 0 amide bonds. The van der Waals surface area contributed by atoms with Crippen molar-refractivity contribution in [3.63, 3.8) is 0 Å². The number of ether oxygens (including phenoxy) is 1. The summed E-state index contributed by atoms with van der Waals surface area (Å²) in [6.07, 6.45) is 0.680. The maximum absolute atomic E-state index is 6.05. The summed E-state index contributed by atoms with van der Waals surface area (Å²) in [5, 5.41) is 8.10. The Kier molecular flexibility index (Phi) is 4.61. The van der Waals surface area contributed by atoms with E-state index in [9.17, 15) is 0 Å². The predicted molar refractivity (Wildman–Crippen MR) is 86.4 cm³/mol. The standard InChI is InChI=1S/C16H13Cl2N3O/c17-12-6-7-14(13(18)9-12)22-10-16-19-15(20-21-16)8-11-4-2-1-3-5-11/h1-7,9H,8,10H2,(H,19,20,21). The number of H-pyrrole nitrogens is 1. The normalized spacial score (nSPS) is 10.6. The molecule has 0 bridgehead atoms. The maximum Gasteiger partial charge on any atom is 0.162 e. The van der Waals surface area contributed by atoms with E-state index < -0.39 is 0 Å². The Morgan fingerprint density at radius 3 is 2.64 bits per heavy atom. The van der Waals surface area contributed by atoms with Crippen molar-refractivity contribution in [3.8, 4) is 5.75 Å². The molecule has 22 heavy (non-hydrogen) atoms. The molecule has 3 aromatic rings. The Morgan fingerprint density at radius 1 is 1.05 bits per heavy atom. The smallest absolute Gasteiger partial charge is 0.162 e. The monoisotopic (exact) mass is 333 g/mol. The van der Waals surface area contributed by atoms with Gasteiger partial charge < -0.3 is 4.74 Å². The minimum absolute atomic E-state index is 0.267. The van der Waals surface area contributed by atoms with Gasteiger partial charge in [-0.05, 0) is 23.8 Å². The first kappa shape index (κ1) is 14.9. The number of hydrogen-bond acceptors (Lipinski definition) is 3. The number of hydrogen-bond donors (Lipinski definition) is 1. The lowest BCUT2D eigenvalue weighted by atomic mass is 10.1. The molecule has 2 aromatic carbocycles. The van der Waals surface area contributed by atoms with Gasteiger partial charge in [-0.3, -0.25) is 5.10 Å². The molecule has 0 saturated heterocycles. The predicted octanol–water partition coefficient (Wildman–Crippen LogP) is 4.28. The van der Waals surface area contributed by atoms with Gasteiger partial charge in [0.2, 0.25) is 0 Å². The minimum atomic E-state index is 0.267. The van der Waals surface area contributed by atoms with Crippen LogP contribution in [0.25, 0.3) is 0 Å². The molecule has 0 unspecified atom stereocenters. The van der Waals surface area contributed by atoms with Gasteiger partial charge in [0.1, 0.15) is 12.4 Å². The van der Waals surface area contributed by atoms with Gasteiger partial charge >= 0.3 is 0 Å². The van der Waals surface area contributed by atoms with Crippen molar-refractivity contribution in [2.45, 2.75) is 13.0 Å². The van der Waals surface area contributed by atoms with Crippen LogP contribution in [0.4, 0.5) is 0 Å². The van der Waals surface area contributed by atoms with Crippen molar-refractivity contribution in [1.82, 2.24) is 15.2 Å². The highest BCUT2D eigenvalue weighted by molar-refractivity contribution is 6.35. The van der Waals surface area contributed by atoms with Gasteiger partial charge in [0.05, 0.1) is 5.02 Å². The molecular weight excluding hydrogens is 321 g/mol. The van der Waals surface area contributed by atoms with Gasteiger partial charge in [-0.2, -0.15) is 5.10 Å². The molecule has 0 atom stereocenters. The van der Waals surface area contributed by atoms with Crippen LogP contribution < -0.4 is 4.74 Å². The fraction of sp³-hybridized carbons (Fsp3) is 0.125. The highest BCUT2D eigenvalue weighted by Gasteiger charge is 2.07. The molecule has 0 aliphatic carbocycles. The van der Waals surface area contributed by atoms with Crippen molar-refractivity contribution in [3.05, 3.63) is 75.8 Å². The molecule has 112 valence electrons. The zero-order chi connectivity index (χ0) is 15.4. The van der Waals surface area contributed by atoms with Crippen LogP contribution in [0.2, 0.25) is 10.0 Å². The Bertz CT molecular complexity index is 759. The number of nitrogens with one attached hydrogen (secondary N) is 1. The summed E-state index contributed by atoms with van der Waals surface area (Å²) >= 11 is 11.9. The second kappa shape index (κ2) is 6.81. The van der Waals surface area contributed by atoms with Crippen LogP contribution in [0.3, 0.4) is 0 Å². The summed E-state index contributed by atoms with van der Waals surface area (Å²) in [5.41, 5.74) is 1.16. The van der Waals surface area contributed by atoms with E-state index in [1.807, 2.05) is 30.3 Å². The molecule has 4 nitrogen and oxygen atoms in total. The number of benzene rings is 2. The van der Waals surface area contributed by atoms with E-state index in [4.69, 9.17) is 27.9 Å². The van der Waals surface area contributed by atoms with Gasteiger partial charge in [0, 0.05) is 11.4 Å². The van der Waals surface area contributed by atoms with E-state index in [1.165, 1.54) is 0 Å². The highest BCUT2D eigenvalue weighted by Crippen LogP contribution is 2.27. The topological polar surface area (TPSA) is 50.8 Å². The highest BCUT2D eigenvalue weighted by atomic mass is 35.5. The fourth-order valence-corrected chi connectivity index (χ4v) is 2.46. The summed E-state index contributed by atoms with van der Waals surface area (Å²) < 4.78 is 5.62. The molecule has 0 spiro atoms. The van der Waals surface area contributed by atoms with E-state index in [-0.39, 0.29) is 6.61 Å². The van der Waals surface area contributed by atoms with Crippen molar-refractivity contribution < 1.29 is 4.74 Å². The third kappa shape index (κ3) is 3.78. The van der Waals surface area contributed by atoms with Gasteiger partial charge in [-0.1, -0.05) is 53.5 Å². The first-order valence-electron chi connectivity index (χ1n) is 6.72. The summed E-state index contributed by atoms with van der Waals surface area (Å²) in [7, 11) is 0. The summed E-state index contributed by atoms with van der Waals surface area (Å²) in [6, 6.07) is 15.1. The summed E-state index contributed by atoms with van der Waals surface area (Å²) in [5.74, 6) is 1.94. The number of aromatic amines is 1. The number of aromatic nitrogens is 3. The lowest BCUT2D eigenvalue weighted by Crippen LogP contribution is -1.98. The van der Waals surface area contributed by atoms with Crippen molar-refractivity contribution in [2.24, 2.45) is 0 Å². The van der Waals surface area contributed by atoms with Crippen LogP contribution in [0.5, 0.6) is 5.75 Å². The van der Waals surface area contributed by atoms with Crippen LogP contribution in [-0.2, 0) is 13.0 Å². The third-order valence-corrected chi connectivity index (χ3v) is 3.57. The van der Waals surface area contributed by atoms with Gasteiger partial charge in [-0.25, -0.2) is 4.98 Å². The second-order valence-electron chi connectivity index (χ2n) is 4.72. The first-order chi connectivity index (χ1) is 10.7. The third-order valence-electron chi connectivity index (χ3n) is 3.04. The lowest BCUT2D eigenvalue weighted by molar-refractivity contribution is 0.296. The molecule has 3 rings (SSSR count). The van der Waals surface area contributed by atoms with Crippen molar-refractivity contribution >= 4 is 23.2 Å². The fourth-order valence-electron chi connectivity index (χ4n) is 2.00. The summed E-state index contributed by atoms with van der Waals surface area (Å²) in [6.45, 7) is 0.267. The van der Waals surface area contributed by atoms with Gasteiger partial charge in [0.25, 0.3) is 0 Å². The van der Waals surface area contributed by atoms with Crippen LogP contribution in [0.15, 0.2) is 48.5 Å². The molecule has 0 aliphatic heterocycles. The Balaban J connectivity index is 1.62. The first-order valence-corrected chi connectivity index (χ1v) is 7.48. The minimum Gasteiger partial charge on any atom is -0.484 e. The maximum atomic E-state index is 6.05. The zero-order valence-corrected chi connectivity index (χ0v) is 13.1. The van der Waals surface area contributed by atoms with Crippen LogP contribution in [0.1, 0.15) is 17.2 Å². The molecule has 0 saturated carbocycles. The van der Waals surface area contributed by atoms with E-state index in [1.54, 1.807) is 18.2 Å². The van der Waals surface area contributed by atoms with Crippen LogP contribution in [0, 0.1) is 0 Å². The molecular formula is C16H13Cl2N3O. The van der Waals surface area contributed by atoms with E-state index in [0.717, 1.165) is 11.4 Å². The molecule has 1 N–H and O–H groups in total. The molecule has 6 heteroatoms. The Morgan fingerprint density at radius 2 is 1.86 bits per heavy atom. The Hall–Kier alpha value is -2.04. The lowest BCUT2D eigenvalue weighted by Gasteiger charge is -2.05. The molecule has 0 aliphatic rings. The SMILES string of the molecule is Clc1ccc(OCc2nc(Cc3ccccc3)n[nH]2)c(Cl)c1. The van der Waals surface area contributed by atoms with Crippen molar-refractivity contribution in [1.29, 1.82) is 0 Å². The summed E-state index contributed by atoms with van der Waals surface area (Å²) in [4.78, 5) is 4.41. The van der Waals surface area contributed by atoms with E-state index in [0.29, 0.717) is 28.0 Å². The van der Waals surface area contributed by atoms with Crippen molar-refractivity contribution in [2.75, 3.05) is 0 Å². The van der Waals surface area contributed by atoms with E-state index in [2.05, 4.69) is 15.2 Å². The Labute approximate surface area is 138 Å². The number of rotatable bonds is 5. The molecule has 0 radical (unpaired) electrons. The van der Waals surface area contributed by atoms with E-state index >= 15 is 0 Å². The quantitative estimate of drug-likeness (QED) is 0.758. The molecule has 1 heterocycles. The van der Waals surface area contributed by atoms with Gasteiger partial charge in [-0.15, -0.1) is 0 Å².